The van der Waals surface area contributed by atoms with Gasteiger partial charge in [-0.15, -0.1) is 17.9 Å². The Hall–Kier alpha value is -2.93. The third kappa shape index (κ3) is 4.00. The fraction of sp³-hybridized carbons (Fsp3) is 0.0526. The second-order valence-electron chi connectivity index (χ2n) is 5.26. The highest BCUT2D eigenvalue weighted by Gasteiger charge is 2.08. The van der Waals surface area contributed by atoms with Crippen LogP contribution in [0.15, 0.2) is 70.6 Å². The minimum atomic E-state index is -0.711. The van der Waals surface area contributed by atoms with Crippen molar-refractivity contribution in [2.45, 2.75) is 0 Å². The van der Waals surface area contributed by atoms with E-state index < -0.39 is 11.6 Å². The molecule has 1 aromatic heterocycles. The number of halogens is 3. The first-order valence-corrected chi connectivity index (χ1v) is 8.53. The van der Waals surface area contributed by atoms with Crippen LogP contribution in [0.3, 0.4) is 0 Å². The van der Waals surface area contributed by atoms with E-state index in [1.54, 1.807) is 18.2 Å². The molecule has 0 unspecified atom stereocenters. The molecule has 0 bridgehead atoms. The Morgan fingerprint density at radius 2 is 1.77 bits per heavy atom. The Labute approximate surface area is 152 Å². The summed E-state index contributed by atoms with van der Waals surface area (Å²) in [5.41, 5.74) is 1.56. The summed E-state index contributed by atoms with van der Waals surface area (Å²) in [5.74, 6) is -1.71. The SMILES string of the molecule is C=CCN=c1scc(-c2ccc(F)cc2)n1N=Cc1ccc(F)cc1F. The van der Waals surface area contributed by atoms with Crippen molar-refractivity contribution in [1.29, 1.82) is 0 Å². The van der Waals surface area contributed by atoms with E-state index in [1.807, 2.05) is 5.38 Å². The number of thiazole rings is 1. The van der Waals surface area contributed by atoms with E-state index in [1.165, 1.54) is 40.4 Å². The highest BCUT2D eigenvalue weighted by molar-refractivity contribution is 7.07. The third-order valence-corrected chi connectivity index (χ3v) is 4.31. The summed E-state index contributed by atoms with van der Waals surface area (Å²) < 4.78 is 41.6. The number of benzene rings is 2. The molecule has 3 rings (SSSR count). The van der Waals surface area contributed by atoms with Crippen LogP contribution in [-0.4, -0.2) is 17.4 Å². The molecule has 0 radical (unpaired) electrons. The molecule has 1 heterocycles. The van der Waals surface area contributed by atoms with Crippen LogP contribution in [-0.2, 0) is 0 Å². The summed E-state index contributed by atoms with van der Waals surface area (Å²) in [6.45, 7) is 4.02. The van der Waals surface area contributed by atoms with Crippen molar-refractivity contribution >= 4 is 17.6 Å². The van der Waals surface area contributed by atoms with E-state index in [-0.39, 0.29) is 11.4 Å². The van der Waals surface area contributed by atoms with Crippen LogP contribution in [0.4, 0.5) is 13.2 Å². The normalized spacial score (nSPS) is 12.0. The van der Waals surface area contributed by atoms with Crippen molar-refractivity contribution in [1.82, 2.24) is 4.68 Å². The molecule has 7 heteroatoms. The first-order valence-electron chi connectivity index (χ1n) is 7.66. The predicted molar refractivity (Wildman–Crippen MR) is 97.7 cm³/mol. The molecule has 0 saturated carbocycles. The second-order valence-corrected chi connectivity index (χ2v) is 6.10. The average Bonchev–Trinajstić information content (AvgIpc) is 3.02. The first kappa shape index (κ1) is 17.9. The van der Waals surface area contributed by atoms with Gasteiger partial charge in [-0.2, -0.15) is 5.10 Å². The van der Waals surface area contributed by atoms with E-state index in [4.69, 9.17) is 0 Å². The summed E-state index contributed by atoms with van der Waals surface area (Å²) in [5, 5.41) is 6.12. The number of hydrogen-bond acceptors (Lipinski definition) is 3. The zero-order valence-electron chi connectivity index (χ0n) is 13.6. The molecule has 0 aliphatic rings. The summed E-state index contributed by atoms with van der Waals surface area (Å²) in [6.07, 6.45) is 2.94. The highest BCUT2D eigenvalue weighted by atomic mass is 32.1. The summed E-state index contributed by atoms with van der Waals surface area (Å²) in [6, 6.07) is 9.20. The van der Waals surface area contributed by atoms with Crippen LogP contribution < -0.4 is 4.80 Å². The highest BCUT2D eigenvalue weighted by Crippen LogP contribution is 2.20. The Morgan fingerprint density at radius 3 is 2.46 bits per heavy atom. The quantitative estimate of drug-likeness (QED) is 0.462. The molecule has 0 atom stereocenters. The van der Waals surface area contributed by atoms with Crippen molar-refractivity contribution in [3.8, 4) is 11.3 Å². The van der Waals surface area contributed by atoms with Crippen LogP contribution in [0.2, 0.25) is 0 Å². The minimum Gasteiger partial charge on any atom is -0.253 e. The summed E-state index contributed by atoms with van der Waals surface area (Å²) in [4.78, 5) is 4.93. The lowest BCUT2D eigenvalue weighted by atomic mass is 10.2. The second kappa shape index (κ2) is 7.97. The van der Waals surface area contributed by atoms with Gasteiger partial charge in [0.25, 0.3) is 0 Å². The molecule has 3 aromatic rings. The predicted octanol–water partition coefficient (Wildman–Crippen LogP) is 4.60. The zero-order valence-corrected chi connectivity index (χ0v) is 14.4. The summed E-state index contributed by atoms with van der Waals surface area (Å²) in [7, 11) is 0. The van der Waals surface area contributed by atoms with Crippen LogP contribution >= 0.6 is 11.3 Å². The van der Waals surface area contributed by atoms with E-state index in [9.17, 15) is 13.2 Å². The van der Waals surface area contributed by atoms with Gasteiger partial charge in [0.2, 0.25) is 4.80 Å². The monoisotopic (exact) mass is 373 g/mol. The molecular formula is C19H14F3N3S. The molecule has 0 N–H and O–H groups in total. The molecule has 2 aromatic carbocycles. The number of aromatic nitrogens is 1. The van der Waals surface area contributed by atoms with Gasteiger partial charge in [0.1, 0.15) is 17.5 Å². The van der Waals surface area contributed by atoms with Crippen molar-refractivity contribution < 1.29 is 13.2 Å². The fourth-order valence-corrected chi connectivity index (χ4v) is 3.05. The third-order valence-electron chi connectivity index (χ3n) is 3.46. The Balaban J connectivity index is 2.08. The van der Waals surface area contributed by atoms with Crippen molar-refractivity contribution in [2.75, 3.05) is 6.54 Å². The molecular weight excluding hydrogens is 359 g/mol. The minimum absolute atomic E-state index is 0.143. The van der Waals surface area contributed by atoms with Gasteiger partial charge in [-0.25, -0.2) is 17.8 Å². The van der Waals surface area contributed by atoms with Gasteiger partial charge in [0, 0.05) is 22.6 Å². The smallest absolute Gasteiger partial charge is 0.206 e. The average molecular weight is 373 g/mol. The maximum absolute atomic E-state index is 13.8. The van der Waals surface area contributed by atoms with Crippen LogP contribution in [0, 0.1) is 17.5 Å². The van der Waals surface area contributed by atoms with Gasteiger partial charge in [-0.3, -0.25) is 4.99 Å². The largest absolute Gasteiger partial charge is 0.253 e. The molecule has 26 heavy (non-hydrogen) atoms. The number of nitrogens with zero attached hydrogens (tertiary/aromatic N) is 3. The Morgan fingerprint density at radius 1 is 1.04 bits per heavy atom. The molecule has 132 valence electrons. The Bertz CT molecular complexity index is 1020. The Kier molecular flexibility index (Phi) is 5.48. The van der Waals surface area contributed by atoms with Crippen molar-refractivity contribution in [3.63, 3.8) is 0 Å². The molecule has 0 amide bonds. The molecule has 0 saturated heterocycles. The molecule has 0 aliphatic heterocycles. The molecule has 0 spiro atoms. The lowest BCUT2D eigenvalue weighted by Crippen LogP contribution is -2.12. The molecule has 3 nitrogen and oxygen atoms in total. The fourth-order valence-electron chi connectivity index (χ4n) is 2.21. The number of rotatable bonds is 5. The zero-order chi connectivity index (χ0) is 18.5. The molecule has 0 fully saturated rings. The van der Waals surface area contributed by atoms with Gasteiger partial charge in [-0.05, 0) is 36.4 Å². The maximum atomic E-state index is 13.8. The summed E-state index contributed by atoms with van der Waals surface area (Å²) >= 11 is 1.34. The van der Waals surface area contributed by atoms with E-state index >= 15 is 0 Å². The van der Waals surface area contributed by atoms with E-state index in [2.05, 4.69) is 16.7 Å². The van der Waals surface area contributed by atoms with Crippen molar-refractivity contribution in [2.24, 2.45) is 10.1 Å². The van der Waals surface area contributed by atoms with Crippen LogP contribution in [0.25, 0.3) is 11.3 Å². The van der Waals surface area contributed by atoms with Crippen molar-refractivity contribution in [3.05, 3.63) is 88.3 Å². The lowest BCUT2D eigenvalue weighted by molar-refractivity contribution is 0.582. The topological polar surface area (TPSA) is 29.6 Å². The standard InChI is InChI=1S/C19H14F3N3S/c1-2-9-23-19-25(24-11-14-5-8-16(21)10-17(14)22)18(12-26-19)13-3-6-15(20)7-4-13/h2-8,10-12H,1,9H2. The molecule has 0 aliphatic carbocycles. The van der Waals surface area contributed by atoms with Gasteiger partial charge < -0.3 is 0 Å². The van der Waals surface area contributed by atoms with Gasteiger partial charge in [-0.1, -0.05) is 6.08 Å². The number of hydrogen-bond donors (Lipinski definition) is 0. The van der Waals surface area contributed by atoms with Gasteiger partial charge in [0.15, 0.2) is 0 Å². The van der Waals surface area contributed by atoms with Crippen LogP contribution in [0.5, 0.6) is 0 Å². The van der Waals surface area contributed by atoms with E-state index in [0.29, 0.717) is 17.0 Å². The van der Waals surface area contributed by atoms with Gasteiger partial charge in [0.05, 0.1) is 18.5 Å². The first-order chi connectivity index (χ1) is 12.6. The maximum Gasteiger partial charge on any atom is 0.206 e. The van der Waals surface area contributed by atoms with E-state index in [0.717, 1.165) is 17.7 Å². The van der Waals surface area contributed by atoms with Gasteiger partial charge >= 0.3 is 0 Å². The van der Waals surface area contributed by atoms with Crippen LogP contribution in [0.1, 0.15) is 5.56 Å². The lowest BCUT2D eigenvalue weighted by Gasteiger charge is -2.04.